The van der Waals surface area contributed by atoms with Crippen molar-refractivity contribution in [3.8, 4) is 0 Å². The number of hydrogen-bond acceptors (Lipinski definition) is 4. The van der Waals surface area contributed by atoms with Crippen LogP contribution in [-0.4, -0.2) is 26.2 Å². The molecule has 0 unspecified atom stereocenters. The fourth-order valence-corrected chi connectivity index (χ4v) is 5.31. The molecule has 5 nitrogen and oxygen atoms in total. The fourth-order valence-electron chi connectivity index (χ4n) is 3.63. The second kappa shape index (κ2) is 7.88. The highest BCUT2D eigenvalue weighted by atomic mass is 32.2. The molecule has 0 spiro atoms. The fraction of sp³-hybridized carbons (Fsp3) is 0.167. The average Bonchev–Trinajstić information content (AvgIpc) is 2.77. The van der Waals surface area contributed by atoms with Gasteiger partial charge in [-0.05, 0) is 55.7 Å². The Bertz CT molecular complexity index is 1230. The van der Waals surface area contributed by atoms with Crippen LogP contribution in [0.5, 0.6) is 0 Å². The van der Waals surface area contributed by atoms with Crippen molar-refractivity contribution in [2.75, 3.05) is 0 Å². The summed E-state index contributed by atoms with van der Waals surface area (Å²) in [6.45, 7) is 1.91. The van der Waals surface area contributed by atoms with Gasteiger partial charge in [-0.1, -0.05) is 42.5 Å². The van der Waals surface area contributed by atoms with Crippen LogP contribution in [0.2, 0.25) is 0 Å². The molecule has 4 rings (SSSR count). The van der Waals surface area contributed by atoms with Crippen LogP contribution in [-0.2, 0) is 16.3 Å². The Morgan fingerprint density at radius 3 is 2.33 bits per heavy atom. The van der Waals surface area contributed by atoms with Crippen molar-refractivity contribution in [3.63, 3.8) is 0 Å². The van der Waals surface area contributed by atoms with Crippen LogP contribution in [0.25, 0.3) is 0 Å². The zero-order valence-corrected chi connectivity index (χ0v) is 17.3. The summed E-state index contributed by atoms with van der Waals surface area (Å²) >= 11 is 0. The van der Waals surface area contributed by atoms with E-state index in [4.69, 9.17) is 0 Å². The number of fused-ring (bicyclic) bond motifs is 2. The number of amides is 1. The Hall–Kier alpha value is -3.25. The SMILES string of the molecule is C[C@H](CCc1ccccc1)NC(=O)c1ccc2c(c1)S(=O)(=O)c1ccccc1C2=O. The molecule has 30 heavy (non-hydrogen) atoms. The molecule has 1 aliphatic heterocycles. The van der Waals surface area contributed by atoms with Gasteiger partial charge >= 0.3 is 0 Å². The highest BCUT2D eigenvalue weighted by Gasteiger charge is 2.35. The molecule has 0 bridgehead atoms. The molecule has 1 heterocycles. The molecule has 1 aliphatic rings. The van der Waals surface area contributed by atoms with Crippen LogP contribution in [0.15, 0.2) is 82.6 Å². The van der Waals surface area contributed by atoms with E-state index in [1.165, 1.54) is 35.9 Å². The van der Waals surface area contributed by atoms with E-state index < -0.39 is 9.84 Å². The minimum absolute atomic E-state index is 0.0173. The number of aryl methyl sites for hydroxylation is 1. The quantitative estimate of drug-likeness (QED) is 0.533. The van der Waals surface area contributed by atoms with Crippen LogP contribution in [0, 0.1) is 0 Å². The van der Waals surface area contributed by atoms with Gasteiger partial charge in [0.05, 0.1) is 9.79 Å². The second-order valence-corrected chi connectivity index (χ2v) is 9.32. The highest BCUT2D eigenvalue weighted by molar-refractivity contribution is 7.91. The highest BCUT2D eigenvalue weighted by Crippen LogP contribution is 2.34. The van der Waals surface area contributed by atoms with Crippen LogP contribution in [0.3, 0.4) is 0 Å². The van der Waals surface area contributed by atoms with Gasteiger partial charge in [-0.15, -0.1) is 0 Å². The number of nitrogens with one attached hydrogen (secondary N) is 1. The molecule has 6 heteroatoms. The lowest BCUT2D eigenvalue weighted by Crippen LogP contribution is -2.33. The molecule has 0 fully saturated rings. The van der Waals surface area contributed by atoms with Gasteiger partial charge in [-0.2, -0.15) is 0 Å². The monoisotopic (exact) mass is 419 g/mol. The maximum absolute atomic E-state index is 13.0. The van der Waals surface area contributed by atoms with Gasteiger partial charge in [0.2, 0.25) is 9.84 Å². The third kappa shape index (κ3) is 3.66. The zero-order chi connectivity index (χ0) is 21.3. The minimum atomic E-state index is -3.87. The van der Waals surface area contributed by atoms with Crippen molar-refractivity contribution in [1.29, 1.82) is 0 Å². The van der Waals surface area contributed by atoms with Crippen molar-refractivity contribution < 1.29 is 18.0 Å². The molecule has 3 aromatic rings. The van der Waals surface area contributed by atoms with Gasteiger partial charge < -0.3 is 5.32 Å². The Labute approximate surface area is 175 Å². The first-order valence-electron chi connectivity index (χ1n) is 9.75. The smallest absolute Gasteiger partial charge is 0.251 e. The normalized spacial score (nSPS) is 15.0. The van der Waals surface area contributed by atoms with Crippen LogP contribution >= 0.6 is 0 Å². The summed E-state index contributed by atoms with van der Waals surface area (Å²) < 4.78 is 26.0. The van der Waals surface area contributed by atoms with Crippen molar-refractivity contribution in [2.45, 2.75) is 35.6 Å². The Morgan fingerprint density at radius 2 is 1.57 bits per heavy atom. The summed E-state index contributed by atoms with van der Waals surface area (Å²) in [5, 5.41) is 2.91. The van der Waals surface area contributed by atoms with Gasteiger partial charge in [0, 0.05) is 22.7 Å². The lowest BCUT2D eigenvalue weighted by Gasteiger charge is -2.20. The molecule has 0 saturated heterocycles. The lowest BCUT2D eigenvalue weighted by atomic mass is 10.0. The molecule has 1 N–H and O–H groups in total. The maximum atomic E-state index is 13.0. The summed E-state index contributed by atoms with van der Waals surface area (Å²) in [6.07, 6.45) is 1.58. The topological polar surface area (TPSA) is 80.3 Å². The van der Waals surface area contributed by atoms with Crippen molar-refractivity contribution in [1.82, 2.24) is 5.32 Å². The first-order chi connectivity index (χ1) is 14.4. The van der Waals surface area contributed by atoms with Crippen LogP contribution in [0.1, 0.15) is 45.2 Å². The molecular formula is C24H21NO4S. The summed E-state index contributed by atoms with van der Waals surface area (Å²) in [4.78, 5) is 25.3. The predicted molar refractivity (Wildman–Crippen MR) is 113 cm³/mol. The first-order valence-corrected chi connectivity index (χ1v) is 11.2. The molecule has 0 saturated carbocycles. The Kier molecular flexibility index (Phi) is 5.26. The summed E-state index contributed by atoms with van der Waals surface area (Å²) in [6, 6.07) is 20.3. The Morgan fingerprint density at radius 1 is 0.900 bits per heavy atom. The largest absolute Gasteiger partial charge is 0.350 e. The van der Waals surface area contributed by atoms with Crippen molar-refractivity contribution in [3.05, 3.63) is 95.1 Å². The van der Waals surface area contributed by atoms with E-state index in [1.54, 1.807) is 12.1 Å². The van der Waals surface area contributed by atoms with E-state index in [-0.39, 0.29) is 44.2 Å². The molecule has 0 aromatic heterocycles. The van der Waals surface area contributed by atoms with Gasteiger partial charge in [0.15, 0.2) is 5.78 Å². The lowest BCUT2D eigenvalue weighted by molar-refractivity contribution is 0.0936. The predicted octanol–water partition coefficient (Wildman–Crippen LogP) is 3.81. The van der Waals surface area contributed by atoms with E-state index in [9.17, 15) is 18.0 Å². The first kappa shape index (κ1) is 20.0. The summed E-state index contributed by atoms with van der Waals surface area (Å²) in [5.74, 6) is -0.710. The summed E-state index contributed by atoms with van der Waals surface area (Å²) in [5.41, 5.74) is 1.67. The Balaban J connectivity index is 1.54. The third-order valence-electron chi connectivity index (χ3n) is 5.29. The van der Waals surface area contributed by atoms with E-state index in [1.807, 2.05) is 37.3 Å². The van der Waals surface area contributed by atoms with E-state index in [0.717, 1.165) is 12.8 Å². The molecule has 3 aromatic carbocycles. The number of ketones is 1. The molecule has 0 radical (unpaired) electrons. The standard InChI is InChI=1S/C24H21NO4S/c1-16(11-12-17-7-3-2-4-8-17)25-24(27)18-13-14-20-22(15-18)30(28,29)21-10-6-5-9-19(21)23(20)26/h2-10,13-16H,11-12H2,1H3,(H,25,27)/t16-/m1/s1. The molecule has 152 valence electrons. The van der Waals surface area contributed by atoms with Gasteiger partial charge in [0.1, 0.15) is 0 Å². The van der Waals surface area contributed by atoms with Crippen molar-refractivity contribution >= 4 is 21.5 Å². The maximum Gasteiger partial charge on any atom is 0.251 e. The van der Waals surface area contributed by atoms with Crippen LogP contribution in [0.4, 0.5) is 0 Å². The van der Waals surface area contributed by atoms with Gasteiger partial charge in [0.25, 0.3) is 5.91 Å². The van der Waals surface area contributed by atoms with Crippen molar-refractivity contribution in [2.24, 2.45) is 0 Å². The van der Waals surface area contributed by atoms with Crippen LogP contribution < -0.4 is 5.32 Å². The molecule has 1 atom stereocenters. The molecular weight excluding hydrogens is 398 g/mol. The van der Waals surface area contributed by atoms with E-state index >= 15 is 0 Å². The average molecular weight is 420 g/mol. The number of hydrogen-bond donors (Lipinski definition) is 1. The number of carbonyl (C=O) groups excluding carboxylic acids is 2. The summed E-state index contributed by atoms with van der Waals surface area (Å²) in [7, 11) is -3.87. The van der Waals surface area contributed by atoms with E-state index in [0.29, 0.717) is 0 Å². The number of benzene rings is 3. The molecule has 0 aliphatic carbocycles. The molecule has 1 amide bonds. The zero-order valence-electron chi connectivity index (χ0n) is 16.5. The van der Waals surface area contributed by atoms with Gasteiger partial charge in [-0.25, -0.2) is 8.42 Å². The minimum Gasteiger partial charge on any atom is -0.350 e. The third-order valence-corrected chi connectivity index (χ3v) is 7.14. The number of carbonyl (C=O) groups is 2. The second-order valence-electron chi connectivity index (χ2n) is 7.44. The van der Waals surface area contributed by atoms with E-state index in [2.05, 4.69) is 5.32 Å². The van der Waals surface area contributed by atoms with Gasteiger partial charge in [-0.3, -0.25) is 9.59 Å². The number of sulfone groups is 1. The number of rotatable bonds is 5.